The Labute approximate surface area is 84.2 Å². The van der Waals surface area contributed by atoms with Gasteiger partial charge in [-0.25, -0.2) is 4.39 Å². The molecule has 0 aliphatic carbocycles. The number of alkyl halides is 3. The Balaban J connectivity index is 3.22. The summed E-state index contributed by atoms with van der Waals surface area (Å²) in [7, 11) is 0. The lowest BCUT2D eigenvalue weighted by Gasteiger charge is -2.12. The van der Waals surface area contributed by atoms with Crippen molar-refractivity contribution in [3.05, 3.63) is 47.8 Å². The van der Waals surface area contributed by atoms with E-state index in [1.807, 2.05) is 0 Å². The summed E-state index contributed by atoms with van der Waals surface area (Å²) in [5.74, 6) is -0.768. The summed E-state index contributed by atoms with van der Waals surface area (Å²) in [6.07, 6.45) is -3.32. The lowest BCUT2D eigenvalue weighted by molar-refractivity contribution is -0.137. The largest absolute Gasteiger partial charge is 0.416 e. The van der Waals surface area contributed by atoms with Crippen molar-refractivity contribution in [2.24, 2.45) is 5.73 Å². The molecular weight excluding hydrogens is 210 g/mol. The van der Waals surface area contributed by atoms with E-state index in [9.17, 15) is 17.6 Å². The first-order valence-corrected chi connectivity index (χ1v) is 4.11. The molecular formula is C10H9F4N. The second-order valence-corrected chi connectivity index (χ2v) is 3.00. The van der Waals surface area contributed by atoms with E-state index in [-0.39, 0.29) is 5.56 Å². The fraction of sp³-hybridized carbons (Fsp3) is 0.200. The van der Waals surface area contributed by atoms with Gasteiger partial charge < -0.3 is 5.73 Å². The average molecular weight is 219 g/mol. The molecule has 0 aliphatic heterocycles. The predicted octanol–water partition coefficient (Wildman–Crippen LogP) is 3.03. The Morgan fingerprint density at radius 3 is 2.40 bits per heavy atom. The monoisotopic (exact) mass is 219 g/mol. The maximum Gasteiger partial charge on any atom is 0.416 e. The number of rotatable bonds is 2. The lowest BCUT2D eigenvalue weighted by atomic mass is 10.0. The van der Waals surface area contributed by atoms with Crippen LogP contribution in [0.1, 0.15) is 17.2 Å². The Morgan fingerprint density at radius 2 is 1.93 bits per heavy atom. The molecule has 0 saturated carbocycles. The molecule has 1 aromatic carbocycles. The normalized spacial score (nSPS) is 13.7. The van der Waals surface area contributed by atoms with Crippen LogP contribution in [0.25, 0.3) is 0 Å². The molecule has 0 aromatic heterocycles. The Kier molecular flexibility index (Phi) is 3.14. The van der Waals surface area contributed by atoms with Crippen LogP contribution in [-0.4, -0.2) is 0 Å². The molecule has 0 spiro atoms. The molecule has 1 aromatic rings. The molecule has 82 valence electrons. The van der Waals surface area contributed by atoms with Crippen molar-refractivity contribution in [3.8, 4) is 0 Å². The van der Waals surface area contributed by atoms with Crippen LogP contribution in [-0.2, 0) is 6.18 Å². The van der Waals surface area contributed by atoms with E-state index in [4.69, 9.17) is 5.73 Å². The van der Waals surface area contributed by atoms with Crippen molar-refractivity contribution < 1.29 is 17.6 Å². The highest BCUT2D eigenvalue weighted by Gasteiger charge is 2.31. The second-order valence-electron chi connectivity index (χ2n) is 3.00. The van der Waals surface area contributed by atoms with Gasteiger partial charge in [-0.1, -0.05) is 6.08 Å². The van der Waals surface area contributed by atoms with E-state index < -0.39 is 23.6 Å². The second kappa shape index (κ2) is 4.02. The summed E-state index contributed by atoms with van der Waals surface area (Å²) in [5.41, 5.74) is 4.25. The zero-order valence-electron chi connectivity index (χ0n) is 7.68. The number of benzene rings is 1. The van der Waals surface area contributed by atoms with Crippen LogP contribution in [0.2, 0.25) is 0 Å². The van der Waals surface area contributed by atoms with Crippen LogP contribution >= 0.6 is 0 Å². The minimum atomic E-state index is -4.50. The van der Waals surface area contributed by atoms with Crippen LogP contribution in [0.5, 0.6) is 0 Å². The smallest absolute Gasteiger partial charge is 0.321 e. The fourth-order valence-electron chi connectivity index (χ4n) is 1.10. The van der Waals surface area contributed by atoms with Crippen LogP contribution in [0, 0.1) is 5.82 Å². The first kappa shape index (κ1) is 11.7. The van der Waals surface area contributed by atoms with Gasteiger partial charge in [-0.05, 0) is 18.2 Å². The van der Waals surface area contributed by atoms with E-state index >= 15 is 0 Å². The van der Waals surface area contributed by atoms with E-state index in [1.165, 1.54) is 6.08 Å². The van der Waals surface area contributed by atoms with Gasteiger partial charge in [0.25, 0.3) is 0 Å². The molecule has 0 heterocycles. The highest BCUT2D eigenvalue weighted by molar-refractivity contribution is 5.31. The fourth-order valence-corrected chi connectivity index (χ4v) is 1.10. The molecule has 1 atom stereocenters. The molecule has 15 heavy (non-hydrogen) atoms. The van der Waals surface area contributed by atoms with Gasteiger partial charge in [0, 0.05) is 5.56 Å². The van der Waals surface area contributed by atoms with Gasteiger partial charge in [0.1, 0.15) is 5.82 Å². The molecule has 0 saturated heterocycles. The number of hydrogen-bond donors (Lipinski definition) is 1. The first-order valence-electron chi connectivity index (χ1n) is 4.11. The summed E-state index contributed by atoms with van der Waals surface area (Å²) in [4.78, 5) is 0. The highest BCUT2D eigenvalue weighted by atomic mass is 19.4. The van der Waals surface area contributed by atoms with Crippen molar-refractivity contribution in [1.82, 2.24) is 0 Å². The highest BCUT2D eigenvalue weighted by Crippen LogP contribution is 2.31. The topological polar surface area (TPSA) is 26.0 Å². The zero-order valence-corrected chi connectivity index (χ0v) is 7.68. The Hall–Kier alpha value is -1.36. The van der Waals surface area contributed by atoms with Crippen molar-refractivity contribution in [2.45, 2.75) is 12.2 Å². The van der Waals surface area contributed by atoms with Crippen LogP contribution in [0.3, 0.4) is 0 Å². The van der Waals surface area contributed by atoms with Gasteiger partial charge in [-0.3, -0.25) is 0 Å². The van der Waals surface area contributed by atoms with Gasteiger partial charge in [-0.15, -0.1) is 6.58 Å². The summed E-state index contributed by atoms with van der Waals surface area (Å²) in [5, 5.41) is 0. The van der Waals surface area contributed by atoms with Gasteiger partial charge >= 0.3 is 6.18 Å². The van der Waals surface area contributed by atoms with Gasteiger partial charge in [0.05, 0.1) is 11.6 Å². The van der Waals surface area contributed by atoms with Gasteiger partial charge in [0.2, 0.25) is 0 Å². The SMILES string of the molecule is C=C[C@H](N)c1cc(C(F)(F)F)ccc1F. The molecule has 1 nitrogen and oxygen atoms in total. The Bertz CT molecular complexity index is 370. The molecule has 2 N–H and O–H groups in total. The summed E-state index contributed by atoms with van der Waals surface area (Å²) < 4.78 is 49.9. The average Bonchev–Trinajstić information content (AvgIpc) is 2.15. The number of halogens is 4. The molecule has 5 heteroatoms. The number of hydrogen-bond acceptors (Lipinski definition) is 1. The lowest BCUT2D eigenvalue weighted by Crippen LogP contribution is -2.12. The molecule has 0 fully saturated rings. The van der Waals surface area contributed by atoms with Crippen LogP contribution in [0.15, 0.2) is 30.9 Å². The van der Waals surface area contributed by atoms with E-state index in [0.29, 0.717) is 12.1 Å². The van der Waals surface area contributed by atoms with E-state index in [0.717, 1.165) is 6.07 Å². The van der Waals surface area contributed by atoms with E-state index in [2.05, 4.69) is 6.58 Å². The maximum absolute atomic E-state index is 13.1. The van der Waals surface area contributed by atoms with Crippen molar-refractivity contribution in [3.63, 3.8) is 0 Å². The standard InChI is InChI=1S/C10H9F4N/c1-2-9(15)7-5-6(10(12,13)14)3-4-8(7)11/h2-5,9H,1,15H2/t9-/m0/s1. The molecule has 0 radical (unpaired) electrons. The summed E-state index contributed by atoms with van der Waals surface area (Å²) in [6.45, 7) is 3.30. The van der Waals surface area contributed by atoms with Gasteiger partial charge in [0.15, 0.2) is 0 Å². The third kappa shape index (κ3) is 2.56. The quantitative estimate of drug-likeness (QED) is 0.600. The molecule has 0 unspecified atom stereocenters. The van der Waals surface area contributed by atoms with E-state index in [1.54, 1.807) is 0 Å². The number of nitrogens with two attached hydrogens (primary N) is 1. The van der Waals surface area contributed by atoms with Crippen LogP contribution < -0.4 is 5.73 Å². The zero-order chi connectivity index (χ0) is 11.6. The minimum absolute atomic E-state index is 0.208. The molecule has 0 aliphatic rings. The summed E-state index contributed by atoms with van der Waals surface area (Å²) in [6, 6.07) is 1.19. The Morgan fingerprint density at radius 1 is 1.33 bits per heavy atom. The van der Waals surface area contributed by atoms with Gasteiger partial charge in [-0.2, -0.15) is 13.2 Å². The third-order valence-corrected chi connectivity index (χ3v) is 1.94. The molecule has 0 bridgehead atoms. The maximum atomic E-state index is 13.1. The van der Waals surface area contributed by atoms with Crippen molar-refractivity contribution in [1.29, 1.82) is 0 Å². The predicted molar refractivity (Wildman–Crippen MR) is 48.5 cm³/mol. The van der Waals surface area contributed by atoms with Crippen molar-refractivity contribution in [2.75, 3.05) is 0 Å². The first-order chi connectivity index (χ1) is 6.86. The molecule has 1 rings (SSSR count). The van der Waals surface area contributed by atoms with Crippen LogP contribution in [0.4, 0.5) is 17.6 Å². The third-order valence-electron chi connectivity index (χ3n) is 1.94. The summed E-state index contributed by atoms with van der Waals surface area (Å²) >= 11 is 0. The minimum Gasteiger partial charge on any atom is -0.321 e. The molecule has 0 amide bonds. The van der Waals surface area contributed by atoms with Crippen molar-refractivity contribution >= 4 is 0 Å².